The van der Waals surface area contributed by atoms with Crippen molar-refractivity contribution in [2.24, 2.45) is 0 Å². The highest BCUT2D eigenvalue weighted by Gasteiger charge is 2.41. The van der Waals surface area contributed by atoms with Crippen molar-refractivity contribution >= 4 is 94.4 Å². The number of para-hydroxylation sites is 3. The van der Waals surface area contributed by atoms with Crippen LogP contribution in [0.2, 0.25) is 0 Å². The maximum atomic E-state index is 6.21. The third kappa shape index (κ3) is 4.73. The number of hydrogen-bond acceptors (Lipinski definition) is 1. The molecule has 3 aromatic heterocycles. The van der Waals surface area contributed by atoms with Crippen LogP contribution in [0, 0.1) is 0 Å². The lowest BCUT2D eigenvalue weighted by Crippen LogP contribution is -2.74. The molecule has 0 fully saturated rings. The predicted octanol–water partition coefficient (Wildman–Crippen LogP) is 11.2. The minimum absolute atomic E-state index is 0.902. The van der Waals surface area contributed by atoms with Crippen molar-refractivity contribution in [1.29, 1.82) is 0 Å². The first-order chi connectivity index (χ1) is 28.8. The molecule has 0 aliphatic carbocycles. The van der Waals surface area contributed by atoms with E-state index < -0.39 is 8.07 Å². The average Bonchev–Trinajstić information content (AvgIpc) is 3.95. The molecule has 0 saturated heterocycles. The summed E-state index contributed by atoms with van der Waals surface area (Å²) in [6.45, 7) is 0. The molecule has 0 radical (unpaired) electrons. The van der Waals surface area contributed by atoms with Crippen molar-refractivity contribution in [2.75, 3.05) is 0 Å². The highest BCUT2D eigenvalue weighted by atomic mass is 28.3. The molecule has 12 aromatic rings. The van der Waals surface area contributed by atoms with Crippen molar-refractivity contribution in [3.05, 3.63) is 218 Å². The normalized spacial score (nSPS) is 12.1. The van der Waals surface area contributed by atoms with E-state index in [9.17, 15) is 0 Å². The summed E-state index contributed by atoms with van der Waals surface area (Å²) in [5.41, 5.74) is 8.81. The van der Waals surface area contributed by atoms with Gasteiger partial charge in [0.05, 0.1) is 22.1 Å². The van der Waals surface area contributed by atoms with Crippen LogP contribution in [-0.4, -0.2) is 17.2 Å². The maximum Gasteiger partial charge on any atom is 0.179 e. The van der Waals surface area contributed by atoms with Crippen LogP contribution >= 0.6 is 0 Å². The molecule has 272 valence electrons. The van der Waals surface area contributed by atoms with E-state index in [4.69, 9.17) is 4.42 Å². The first-order valence-corrected chi connectivity index (χ1v) is 21.9. The first-order valence-electron chi connectivity index (χ1n) is 19.9. The van der Waals surface area contributed by atoms with Crippen LogP contribution in [0.25, 0.3) is 76.9 Å². The van der Waals surface area contributed by atoms with Crippen molar-refractivity contribution < 1.29 is 4.42 Å². The average molecular weight is 757 g/mol. The molecule has 0 amide bonds. The summed E-state index contributed by atoms with van der Waals surface area (Å²) in [6.07, 6.45) is 0. The van der Waals surface area contributed by atoms with E-state index in [-0.39, 0.29) is 0 Å². The Balaban J connectivity index is 1.09. The molecule has 0 spiro atoms. The Morgan fingerprint density at radius 3 is 1.28 bits per heavy atom. The standard InChI is InChI=1S/C54H36N2OSi/c1-4-16-39(17-5-1)58(40-18-6-2-7-19-40,41-20-8-3-9-21-41)42-30-32-52-47(36-42)44-23-11-14-26-50(44)55(52)37-28-31-51-46(34-37)43-22-10-13-25-49(43)56(51)38-29-33-54-48(35-38)45-24-12-15-27-53(45)57-54/h1-36H. The quantitative estimate of drug-likeness (QED) is 0.122. The number of rotatable bonds is 6. The van der Waals surface area contributed by atoms with Gasteiger partial charge >= 0.3 is 0 Å². The van der Waals surface area contributed by atoms with Crippen LogP contribution in [0.5, 0.6) is 0 Å². The second-order valence-electron chi connectivity index (χ2n) is 15.3. The highest BCUT2D eigenvalue weighted by molar-refractivity contribution is 7.20. The first kappa shape index (κ1) is 32.8. The van der Waals surface area contributed by atoms with Gasteiger partial charge in [-0.3, -0.25) is 0 Å². The summed E-state index contributed by atoms with van der Waals surface area (Å²) in [4.78, 5) is 0. The van der Waals surface area contributed by atoms with Crippen LogP contribution in [0.4, 0.5) is 0 Å². The number of furan rings is 1. The topological polar surface area (TPSA) is 23.0 Å². The van der Waals surface area contributed by atoms with Crippen molar-refractivity contribution in [2.45, 2.75) is 0 Å². The van der Waals surface area contributed by atoms with E-state index in [0.717, 1.165) is 33.3 Å². The van der Waals surface area contributed by atoms with Crippen LogP contribution in [-0.2, 0) is 0 Å². The fourth-order valence-corrected chi connectivity index (χ4v) is 14.6. The molecule has 0 N–H and O–H groups in total. The van der Waals surface area contributed by atoms with Gasteiger partial charge in [0.1, 0.15) is 11.2 Å². The Morgan fingerprint density at radius 2 is 0.690 bits per heavy atom. The van der Waals surface area contributed by atoms with Gasteiger partial charge in [-0.1, -0.05) is 158 Å². The largest absolute Gasteiger partial charge is 0.456 e. The molecule has 9 aromatic carbocycles. The summed E-state index contributed by atoms with van der Waals surface area (Å²) < 4.78 is 11.1. The van der Waals surface area contributed by atoms with Crippen molar-refractivity contribution in [1.82, 2.24) is 9.13 Å². The third-order valence-electron chi connectivity index (χ3n) is 12.3. The van der Waals surface area contributed by atoms with E-state index in [1.165, 1.54) is 64.4 Å². The Labute approximate surface area is 336 Å². The lowest BCUT2D eigenvalue weighted by atomic mass is 10.1. The van der Waals surface area contributed by atoms with Gasteiger partial charge in [-0.25, -0.2) is 0 Å². The minimum Gasteiger partial charge on any atom is -0.456 e. The monoisotopic (exact) mass is 756 g/mol. The molecule has 12 rings (SSSR count). The van der Waals surface area contributed by atoms with Crippen LogP contribution < -0.4 is 20.7 Å². The Bertz CT molecular complexity index is 3410. The molecule has 0 aliphatic rings. The van der Waals surface area contributed by atoms with E-state index >= 15 is 0 Å². The number of hydrogen-bond donors (Lipinski definition) is 0. The van der Waals surface area contributed by atoms with E-state index in [2.05, 4.69) is 215 Å². The lowest BCUT2D eigenvalue weighted by molar-refractivity contribution is 0.669. The van der Waals surface area contributed by atoms with Gasteiger partial charge in [0.15, 0.2) is 8.07 Å². The van der Waals surface area contributed by atoms with E-state index in [0.29, 0.717) is 0 Å². The molecular weight excluding hydrogens is 721 g/mol. The predicted molar refractivity (Wildman–Crippen MR) is 246 cm³/mol. The smallest absolute Gasteiger partial charge is 0.179 e. The molecule has 0 bridgehead atoms. The summed E-state index contributed by atoms with van der Waals surface area (Å²) >= 11 is 0. The van der Waals surface area contributed by atoms with Crippen LogP contribution in [0.15, 0.2) is 223 Å². The van der Waals surface area contributed by atoms with Crippen molar-refractivity contribution in [3.8, 4) is 11.4 Å². The molecular formula is C54H36N2OSi. The Kier molecular flexibility index (Phi) is 7.25. The van der Waals surface area contributed by atoms with Crippen molar-refractivity contribution in [3.63, 3.8) is 0 Å². The van der Waals surface area contributed by atoms with Gasteiger partial charge in [-0.15, -0.1) is 0 Å². The van der Waals surface area contributed by atoms with E-state index in [1.807, 2.05) is 12.1 Å². The van der Waals surface area contributed by atoms with E-state index in [1.54, 1.807) is 0 Å². The van der Waals surface area contributed by atoms with Gasteiger partial charge < -0.3 is 13.6 Å². The number of fused-ring (bicyclic) bond motifs is 9. The number of aromatic nitrogens is 2. The molecule has 3 heterocycles. The molecule has 0 aliphatic heterocycles. The summed E-state index contributed by atoms with van der Waals surface area (Å²) in [5, 5.41) is 12.7. The SMILES string of the molecule is c1ccc([Si](c2ccccc2)(c2ccccc2)c2ccc3c(c2)c2ccccc2n3-c2ccc3c(c2)c2ccccc2n3-c2ccc3oc4ccccc4c3c2)cc1. The third-order valence-corrected chi connectivity index (χ3v) is 17.0. The second-order valence-corrected chi connectivity index (χ2v) is 19.1. The summed E-state index contributed by atoms with van der Waals surface area (Å²) in [7, 11) is -2.72. The zero-order valence-corrected chi connectivity index (χ0v) is 32.6. The second kappa shape index (κ2) is 12.8. The van der Waals surface area contributed by atoms with Crippen LogP contribution in [0.3, 0.4) is 0 Å². The van der Waals surface area contributed by atoms with Crippen LogP contribution in [0.1, 0.15) is 0 Å². The number of nitrogens with zero attached hydrogens (tertiary/aromatic N) is 2. The van der Waals surface area contributed by atoms with Gasteiger partial charge in [-0.05, 0) is 81.4 Å². The molecule has 0 unspecified atom stereocenters. The minimum atomic E-state index is -2.72. The molecule has 0 saturated carbocycles. The van der Waals surface area contributed by atoms with Gasteiger partial charge in [0, 0.05) is 43.7 Å². The highest BCUT2D eigenvalue weighted by Crippen LogP contribution is 2.38. The molecule has 58 heavy (non-hydrogen) atoms. The van der Waals surface area contributed by atoms with Gasteiger partial charge in [-0.2, -0.15) is 0 Å². The zero-order chi connectivity index (χ0) is 38.2. The van der Waals surface area contributed by atoms with Gasteiger partial charge in [0.25, 0.3) is 0 Å². The number of benzene rings is 9. The summed E-state index contributed by atoms with van der Waals surface area (Å²) in [6, 6.07) is 80.3. The fraction of sp³-hybridized carbons (Fsp3) is 0. The fourth-order valence-electron chi connectivity index (χ4n) is 9.78. The summed E-state index contributed by atoms with van der Waals surface area (Å²) in [5.74, 6) is 0. The molecule has 0 atom stereocenters. The Hall–Kier alpha value is -7.40. The molecule has 3 nitrogen and oxygen atoms in total. The Morgan fingerprint density at radius 1 is 0.276 bits per heavy atom. The lowest BCUT2D eigenvalue weighted by Gasteiger charge is -2.34. The maximum absolute atomic E-state index is 6.21. The molecule has 4 heteroatoms. The van der Waals surface area contributed by atoms with Gasteiger partial charge in [0.2, 0.25) is 0 Å². The zero-order valence-electron chi connectivity index (χ0n) is 31.6.